The van der Waals surface area contributed by atoms with Crippen LogP contribution in [0.25, 0.3) is 33.2 Å². The summed E-state index contributed by atoms with van der Waals surface area (Å²) in [5.41, 5.74) is 6.53. The molecule has 0 saturated carbocycles. The molecule has 5 nitrogen and oxygen atoms in total. The average molecular weight is 446 g/mol. The Morgan fingerprint density at radius 1 is 0.706 bits per heavy atom. The van der Waals surface area contributed by atoms with Crippen LogP contribution < -0.4 is 10.6 Å². The average Bonchev–Trinajstić information content (AvgIpc) is 2.87. The summed E-state index contributed by atoms with van der Waals surface area (Å²) in [5.74, 6) is 1.42. The van der Waals surface area contributed by atoms with Gasteiger partial charge in [0.2, 0.25) is 5.95 Å². The summed E-state index contributed by atoms with van der Waals surface area (Å²) in [4.78, 5) is 13.7. The van der Waals surface area contributed by atoms with E-state index < -0.39 is 0 Å². The lowest BCUT2D eigenvalue weighted by Crippen LogP contribution is -2.07. The van der Waals surface area contributed by atoms with Gasteiger partial charge in [0, 0.05) is 36.6 Å². The predicted octanol–water partition coefficient (Wildman–Crippen LogP) is 6.71. The molecule has 0 fully saturated rings. The smallest absolute Gasteiger partial charge is 0.225 e. The Balaban J connectivity index is 1.37. The van der Waals surface area contributed by atoms with E-state index in [0.29, 0.717) is 12.5 Å². The van der Waals surface area contributed by atoms with Crippen molar-refractivity contribution >= 4 is 22.5 Å². The van der Waals surface area contributed by atoms with Crippen LogP contribution in [0, 0.1) is 6.92 Å². The van der Waals surface area contributed by atoms with E-state index in [1.165, 1.54) is 27.5 Å². The summed E-state index contributed by atoms with van der Waals surface area (Å²) < 4.78 is 0. The van der Waals surface area contributed by atoms with Crippen molar-refractivity contribution in [3.8, 4) is 22.4 Å². The quantitative estimate of drug-likeness (QED) is 0.291. The number of aromatic nitrogens is 3. The van der Waals surface area contributed by atoms with E-state index >= 15 is 0 Å². The molecule has 0 spiro atoms. The molecule has 0 radical (unpaired) electrons. The highest BCUT2D eigenvalue weighted by Gasteiger charge is 2.08. The van der Waals surface area contributed by atoms with Gasteiger partial charge in [0.25, 0.3) is 0 Å². The van der Waals surface area contributed by atoms with Gasteiger partial charge in [-0.15, -0.1) is 0 Å². The number of hydrogen-bond acceptors (Lipinski definition) is 5. The van der Waals surface area contributed by atoms with Crippen molar-refractivity contribution in [2.75, 3.05) is 17.2 Å². The highest BCUT2D eigenvalue weighted by atomic mass is 15.1. The highest BCUT2D eigenvalue weighted by Crippen LogP contribution is 2.26. The van der Waals surface area contributed by atoms with Crippen molar-refractivity contribution in [2.45, 2.75) is 20.4 Å². The molecule has 2 N–H and O–H groups in total. The van der Waals surface area contributed by atoms with Crippen LogP contribution in [0.15, 0.2) is 91.1 Å². The largest absolute Gasteiger partial charge is 0.366 e. The second-order valence-electron chi connectivity index (χ2n) is 8.29. The minimum Gasteiger partial charge on any atom is -0.366 e. The Hall–Kier alpha value is -4.25. The van der Waals surface area contributed by atoms with Crippen LogP contribution >= 0.6 is 0 Å². The van der Waals surface area contributed by atoms with Crippen LogP contribution in [0.1, 0.15) is 18.2 Å². The Kier molecular flexibility index (Phi) is 6.17. The molecule has 5 aromatic rings. The third-order valence-electron chi connectivity index (χ3n) is 5.76. The van der Waals surface area contributed by atoms with Crippen LogP contribution in [0.2, 0.25) is 0 Å². The number of rotatable bonds is 7. The fourth-order valence-electron chi connectivity index (χ4n) is 4.00. The molecule has 0 aliphatic heterocycles. The second-order valence-corrected chi connectivity index (χ2v) is 8.29. The number of benzene rings is 3. The summed E-state index contributed by atoms with van der Waals surface area (Å²) in [6, 6.07) is 29.5. The van der Waals surface area contributed by atoms with Crippen molar-refractivity contribution in [2.24, 2.45) is 0 Å². The van der Waals surface area contributed by atoms with Gasteiger partial charge in [-0.05, 0) is 59.5 Å². The monoisotopic (exact) mass is 445 g/mol. The molecule has 0 saturated heterocycles. The zero-order valence-corrected chi connectivity index (χ0v) is 19.4. The lowest BCUT2D eigenvalue weighted by atomic mass is 10.0. The molecule has 2 aromatic heterocycles. The number of nitrogens with one attached hydrogen (secondary N) is 2. The molecule has 0 atom stereocenters. The molecule has 0 aliphatic rings. The summed E-state index contributed by atoms with van der Waals surface area (Å²) >= 11 is 0. The Morgan fingerprint density at radius 3 is 2.29 bits per heavy atom. The third kappa shape index (κ3) is 4.89. The molecular weight excluding hydrogens is 418 g/mol. The molecule has 168 valence electrons. The fourth-order valence-corrected chi connectivity index (χ4v) is 4.00. The molecule has 5 heteroatoms. The second kappa shape index (κ2) is 9.71. The van der Waals surface area contributed by atoms with Gasteiger partial charge >= 0.3 is 0 Å². The number of pyridine rings is 1. The maximum Gasteiger partial charge on any atom is 0.225 e. The van der Waals surface area contributed by atoms with Gasteiger partial charge in [0.05, 0.1) is 5.69 Å². The number of anilines is 2. The standard InChI is InChI=1S/C29H27N5/c1-3-30-29-33-27(26-13-12-22-6-4-5-7-24(22)17-26)18-28(34-29)32-19-21-8-10-23(11-9-21)25-14-15-31-20(2)16-25/h4-18H,3,19H2,1-2H3,(H2,30,32,33,34). The van der Waals surface area contributed by atoms with Crippen LogP contribution in [-0.4, -0.2) is 21.5 Å². The van der Waals surface area contributed by atoms with E-state index in [-0.39, 0.29) is 0 Å². The van der Waals surface area contributed by atoms with Crippen LogP contribution in [0.3, 0.4) is 0 Å². The van der Waals surface area contributed by atoms with Crippen molar-refractivity contribution < 1.29 is 0 Å². The maximum atomic E-state index is 4.74. The van der Waals surface area contributed by atoms with Crippen molar-refractivity contribution in [1.82, 2.24) is 15.0 Å². The minimum atomic E-state index is 0.624. The first-order valence-electron chi connectivity index (χ1n) is 11.6. The van der Waals surface area contributed by atoms with E-state index in [9.17, 15) is 0 Å². The molecule has 5 rings (SSSR count). The molecule has 0 amide bonds. The van der Waals surface area contributed by atoms with E-state index in [1.807, 2.05) is 32.2 Å². The van der Waals surface area contributed by atoms with Crippen molar-refractivity contribution in [3.63, 3.8) is 0 Å². The van der Waals surface area contributed by atoms with Gasteiger partial charge in [-0.25, -0.2) is 4.98 Å². The zero-order valence-electron chi connectivity index (χ0n) is 19.4. The Bertz CT molecular complexity index is 1430. The summed E-state index contributed by atoms with van der Waals surface area (Å²) in [6.45, 7) is 5.49. The first-order valence-corrected chi connectivity index (χ1v) is 11.6. The highest BCUT2D eigenvalue weighted by molar-refractivity contribution is 5.87. The van der Waals surface area contributed by atoms with Gasteiger partial charge in [0.1, 0.15) is 5.82 Å². The molecule has 0 aliphatic carbocycles. The summed E-state index contributed by atoms with van der Waals surface area (Å²) in [5, 5.41) is 9.15. The molecule has 2 heterocycles. The summed E-state index contributed by atoms with van der Waals surface area (Å²) in [7, 11) is 0. The van der Waals surface area contributed by atoms with E-state index in [4.69, 9.17) is 4.98 Å². The zero-order chi connectivity index (χ0) is 23.3. The fraction of sp³-hybridized carbons (Fsp3) is 0.138. The molecule has 34 heavy (non-hydrogen) atoms. The van der Waals surface area contributed by atoms with Crippen molar-refractivity contribution in [3.05, 3.63) is 102 Å². The Labute approximate surface area is 200 Å². The minimum absolute atomic E-state index is 0.624. The van der Waals surface area contributed by atoms with Gasteiger partial charge < -0.3 is 10.6 Å². The topological polar surface area (TPSA) is 62.7 Å². The number of aryl methyl sites for hydroxylation is 1. The van der Waals surface area contributed by atoms with Gasteiger partial charge in [-0.2, -0.15) is 4.98 Å². The van der Waals surface area contributed by atoms with Crippen LogP contribution in [-0.2, 0) is 6.54 Å². The third-order valence-corrected chi connectivity index (χ3v) is 5.76. The van der Waals surface area contributed by atoms with Crippen LogP contribution in [0.5, 0.6) is 0 Å². The first-order chi connectivity index (χ1) is 16.7. The van der Waals surface area contributed by atoms with Crippen LogP contribution in [0.4, 0.5) is 11.8 Å². The summed E-state index contributed by atoms with van der Waals surface area (Å²) in [6.07, 6.45) is 1.85. The van der Waals surface area contributed by atoms with E-state index in [1.54, 1.807) is 0 Å². The normalized spacial score (nSPS) is 10.9. The van der Waals surface area contributed by atoms with E-state index in [2.05, 4.69) is 93.4 Å². The van der Waals surface area contributed by atoms with Crippen molar-refractivity contribution in [1.29, 1.82) is 0 Å². The van der Waals surface area contributed by atoms with Gasteiger partial charge in [-0.3, -0.25) is 4.98 Å². The number of nitrogens with zero attached hydrogens (tertiary/aromatic N) is 3. The number of hydrogen-bond donors (Lipinski definition) is 2. The van der Waals surface area contributed by atoms with E-state index in [0.717, 1.165) is 29.3 Å². The molecule has 0 bridgehead atoms. The number of fused-ring (bicyclic) bond motifs is 1. The molecule has 0 unspecified atom stereocenters. The van der Waals surface area contributed by atoms with Gasteiger partial charge in [0.15, 0.2) is 0 Å². The molecular formula is C29H27N5. The lowest BCUT2D eigenvalue weighted by Gasteiger charge is -2.12. The van der Waals surface area contributed by atoms with Gasteiger partial charge in [-0.1, -0.05) is 60.7 Å². The maximum absolute atomic E-state index is 4.74. The lowest BCUT2D eigenvalue weighted by molar-refractivity contribution is 1.06. The first kappa shape index (κ1) is 21.6. The molecule has 3 aromatic carbocycles. The SMILES string of the molecule is CCNc1nc(NCc2ccc(-c3ccnc(C)c3)cc2)cc(-c2ccc3ccccc3c2)n1. The Morgan fingerprint density at radius 2 is 1.50 bits per heavy atom. The predicted molar refractivity (Wildman–Crippen MR) is 141 cm³/mol.